The first-order valence-corrected chi connectivity index (χ1v) is 9.35. The van der Waals surface area contributed by atoms with E-state index >= 15 is 0 Å². The van der Waals surface area contributed by atoms with E-state index in [1.54, 1.807) is 13.0 Å². The molecule has 8 heteroatoms. The van der Waals surface area contributed by atoms with Gasteiger partial charge in [-0.05, 0) is 43.9 Å². The standard InChI is InChI=1S/C19H27FN6.HI/c1-3-21-19(22-12-15-8-9-16(20)14(2)11-15)23-13-18-25-24-17-7-5-4-6-10-26(17)18;/h8-9,11H,3-7,10,12-13H2,1-2H3,(H2,21,22,23);1H. The zero-order chi connectivity index (χ0) is 18.4. The Morgan fingerprint density at radius 2 is 2.07 bits per heavy atom. The number of rotatable bonds is 5. The molecular weight excluding hydrogens is 458 g/mol. The first-order valence-electron chi connectivity index (χ1n) is 9.35. The molecule has 0 aliphatic carbocycles. The number of hydrogen-bond acceptors (Lipinski definition) is 3. The van der Waals surface area contributed by atoms with Gasteiger partial charge in [0, 0.05) is 19.5 Å². The van der Waals surface area contributed by atoms with E-state index in [0.29, 0.717) is 18.7 Å². The summed E-state index contributed by atoms with van der Waals surface area (Å²) in [6, 6.07) is 5.10. The zero-order valence-corrected chi connectivity index (χ0v) is 18.3. The van der Waals surface area contributed by atoms with Crippen molar-refractivity contribution in [2.24, 2.45) is 4.99 Å². The van der Waals surface area contributed by atoms with Crippen LogP contribution in [0.1, 0.15) is 49.0 Å². The maximum atomic E-state index is 13.4. The molecule has 1 aromatic heterocycles. The molecule has 0 bridgehead atoms. The number of aromatic nitrogens is 3. The Morgan fingerprint density at radius 1 is 1.22 bits per heavy atom. The number of benzene rings is 1. The molecule has 1 aromatic carbocycles. The molecule has 0 amide bonds. The highest BCUT2D eigenvalue weighted by atomic mass is 127. The van der Waals surface area contributed by atoms with Crippen molar-refractivity contribution < 1.29 is 4.39 Å². The molecule has 2 N–H and O–H groups in total. The van der Waals surface area contributed by atoms with Crippen molar-refractivity contribution >= 4 is 29.9 Å². The fourth-order valence-electron chi connectivity index (χ4n) is 3.16. The van der Waals surface area contributed by atoms with Crippen molar-refractivity contribution in [3.63, 3.8) is 0 Å². The molecule has 0 radical (unpaired) electrons. The van der Waals surface area contributed by atoms with E-state index in [4.69, 9.17) is 0 Å². The van der Waals surface area contributed by atoms with Crippen molar-refractivity contribution in [1.29, 1.82) is 0 Å². The molecule has 3 rings (SSSR count). The van der Waals surface area contributed by atoms with Crippen LogP contribution in [0.15, 0.2) is 23.2 Å². The average molecular weight is 486 g/mol. The number of halogens is 2. The third-order valence-corrected chi connectivity index (χ3v) is 4.59. The summed E-state index contributed by atoms with van der Waals surface area (Å²) in [5.41, 5.74) is 1.62. The average Bonchev–Trinajstić information content (AvgIpc) is 2.86. The van der Waals surface area contributed by atoms with Crippen molar-refractivity contribution in [3.05, 3.63) is 46.8 Å². The fourth-order valence-corrected chi connectivity index (χ4v) is 3.16. The molecule has 0 fully saturated rings. The van der Waals surface area contributed by atoms with Crippen LogP contribution in [0.4, 0.5) is 4.39 Å². The number of nitrogens with zero attached hydrogens (tertiary/aromatic N) is 4. The van der Waals surface area contributed by atoms with Gasteiger partial charge in [0.25, 0.3) is 0 Å². The molecule has 0 spiro atoms. The topological polar surface area (TPSA) is 67.1 Å². The zero-order valence-electron chi connectivity index (χ0n) is 16.0. The summed E-state index contributed by atoms with van der Waals surface area (Å²) in [4.78, 5) is 4.60. The van der Waals surface area contributed by atoms with Crippen LogP contribution in [0.2, 0.25) is 0 Å². The summed E-state index contributed by atoms with van der Waals surface area (Å²) >= 11 is 0. The lowest BCUT2D eigenvalue weighted by atomic mass is 10.1. The Labute approximate surface area is 177 Å². The molecule has 148 valence electrons. The molecule has 2 heterocycles. The van der Waals surface area contributed by atoms with E-state index in [9.17, 15) is 4.39 Å². The second-order valence-electron chi connectivity index (χ2n) is 6.63. The van der Waals surface area contributed by atoms with E-state index in [0.717, 1.165) is 42.7 Å². The largest absolute Gasteiger partial charge is 0.357 e. The van der Waals surface area contributed by atoms with Gasteiger partial charge in [0.2, 0.25) is 0 Å². The number of hydrogen-bond donors (Lipinski definition) is 2. The van der Waals surface area contributed by atoms with Gasteiger partial charge in [0.1, 0.15) is 11.6 Å². The third kappa shape index (κ3) is 5.88. The van der Waals surface area contributed by atoms with E-state index in [-0.39, 0.29) is 29.8 Å². The van der Waals surface area contributed by atoms with Gasteiger partial charge in [-0.1, -0.05) is 18.6 Å². The number of fused-ring (bicyclic) bond motifs is 1. The van der Waals surface area contributed by atoms with Gasteiger partial charge in [0.05, 0.1) is 13.1 Å². The van der Waals surface area contributed by atoms with E-state index in [2.05, 4.69) is 30.4 Å². The molecule has 1 aliphatic rings. The summed E-state index contributed by atoms with van der Waals surface area (Å²) in [6.45, 7) is 6.63. The number of nitrogens with one attached hydrogen (secondary N) is 2. The van der Waals surface area contributed by atoms with Gasteiger partial charge < -0.3 is 15.2 Å². The Kier molecular flexibility index (Phi) is 8.46. The van der Waals surface area contributed by atoms with Gasteiger partial charge in [-0.15, -0.1) is 34.2 Å². The van der Waals surface area contributed by atoms with Crippen LogP contribution in [-0.2, 0) is 26.1 Å². The van der Waals surface area contributed by atoms with Gasteiger partial charge in [-0.2, -0.15) is 0 Å². The highest BCUT2D eigenvalue weighted by molar-refractivity contribution is 14.0. The lowest BCUT2D eigenvalue weighted by Gasteiger charge is -2.12. The highest BCUT2D eigenvalue weighted by Crippen LogP contribution is 2.14. The van der Waals surface area contributed by atoms with Crippen LogP contribution in [-0.4, -0.2) is 27.3 Å². The van der Waals surface area contributed by atoms with E-state index < -0.39 is 0 Å². The number of guanidine groups is 1. The third-order valence-electron chi connectivity index (χ3n) is 4.59. The fraction of sp³-hybridized carbons (Fsp3) is 0.526. The summed E-state index contributed by atoms with van der Waals surface area (Å²) in [5.74, 6) is 2.57. The SMILES string of the molecule is CCNC(=NCc1ccc(F)c(C)c1)NCc1nnc2n1CCCCC2.I. The lowest BCUT2D eigenvalue weighted by molar-refractivity contribution is 0.596. The predicted octanol–water partition coefficient (Wildman–Crippen LogP) is 3.33. The summed E-state index contributed by atoms with van der Waals surface area (Å²) in [6.07, 6.45) is 4.62. The number of aryl methyl sites for hydroxylation is 2. The Hall–Kier alpha value is -1.71. The van der Waals surface area contributed by atoms with Crippen LogP contribution in [0.5, 0.6) is 0 Å². The molecule has 0 saturated heterocycles. The van der Waals surface area contributed by atoms with Gasteiger partial charge in [-0.3, -0.25) is 0 Å². The first-order chi connectivity index (χ1) is 12.7. The molecule has 6 nitrogen and oxygen atoms in total. The number of aliphatic imine (C=N–C) groups is 1. The van der Waals surface area contributed by atoms with Gasteiger partial charge in [0.15, 0.2) is 11.8 Å². The second kappa shape index (κ2) is 10.6. The van der Waals surface area contributed by atoms with Gasteiger partial charge in [-0.25, -0.2) is 9.38 Å². The van der Waals surface area contributed by atoms with Crippen LogP contribution < -0.4 is 10.6 Å². The van der Waals surface area contributed by atoms with Crippen LogP contribution >= 0.6 is 24.0 Å². The maximum absolute atomic E-state index is 13.4. The second-order valence-corrected chi connectivity index (χ2v) is 6.63. The first kappa shape index (κ1) is 21.6. The minimum atomic E-state index is -0.185. The van der Waals surface area contributed by atoms with Crippen LogP contribution in [0.25, 0.3) is 0 Å². The van der Waals surface area contributed by atoms with E-state index in [1.807, 2.05) is 13.0 Å². The minimum Gasteiger partial charge on any atom is -0.357 e. The maximum Gasteiger partial charge on any atom is 0.191 e. The summed E-state index contributed by atoms with van der Waals surface area (Å²) in [5, 5.41) is 15.2. The highest BCUT2D eigenvalue weighted by Gasteiger charge is 2.14. The Balaban J connectivity index is 0.00000261. The Morgan fingerprint density at radius 3 is 2.85 bits per heavy atom. The van der Waals surface area contributed by atoms with Crippen molar-refractivity contribution in [2.75, 3.05) is 6.54 Å². The van der Waals surface area contributed by atoms with Crippen LogP contribution in [0, 0.1) is 12.7 Å². The summed E-state index contributed by atoms with van der Waals surface area (Å²) in [7, 11) is 0. The minimum absolute atomic E-state index is 0. The molecule has 1 aliphatic heterocycles. The predicted molar refractivity (Wildman–Crippen MR) is 116 cm³/mol. The van der Waals surface area contributed by atoms with Crippen LogP contribution in [0.3, 0.4) is 0 Å². The van der Waals surface area contributed by atoms with Gasteiger partial charge >= 0.3 is 0 Å². The molecule has 0 saturated carbocycles. The smallest absolute Gasteiger partial charge is 0.191 e. The quantitative estimate of drug-likeness (QED) is 0.387. The lowest BCUT2D eigenvalue weighted by Crippen LogP contribution is -2.37. The molecule has 0 unspecified atom stereocenters. The molecule has 27 heavy (non-hydrogen) atoms. The molecule has 2 aromatic rings. The van der Waals surface area contributed by atoms with Crippen molar-refractivity contribution in [1.82, 2.24) is 25.4 Å². The summed E-state index contributed by atoms with van der Waals surface area (Å²) < 4.78 is 15.6. The molecule has 0 atom stereocenters. The molecular formula is C19H28FIN6. The van der Waals surface area contributed by atoms with Crippen molar-refractivity contribution in [2.45, 2.75) is 59.2 Å². The van der Waals surface area contributed by atoms with Crippen molar-refractivity contribution in [3.8, 4) is 0 Å². The normalized spacial score (nSPS) is 14.1. The monoisotopic (exact) mass is 486 g/mol. The van der Waals surface area contributed by atoms with E-state index in [1.165, 1.54) is 25.3 Å². The Bertz CT molecular complexity index is 774.